The molecule has 0 amide bonds. The van der Waals surface area contributed by atoms with E-state index in [0.29, 0.717) is 5.56 Å². The van der Waals surface area contributed by atoms with Crippen LogP contribution >= 0.6 is 0 Å². The molecule has 90 valence electrons. The third-order valence-corrected chi connectivity index (χ3v) is 2.02. The van der Waals surface area contributed by atoms with Crippen molar-refractivity contribution in [2.24, 2.45) is 0 Å². The first-order valence-electron chi connectivity index (χ1n) is 5.12. The Bertz CT molecular complexity index is 356. The molecule has 0 heterocycles. The number of aliphatic hydroxyl groups is 2. The second kappa shape index (κ2) is 4.80. The number of hydrogen-bond donors (Lipinski definition) is 2. The number of hydrogen-bond acceptors (Lipinski definition) is 3. The zero-order chi connectivity index (χ0) is 12.3. The molecule has 0 aromatic heterocycles. The van der Waals surface area contributed by atoms with Crippen LogP contribution in [-0.4, -0.2) is 22.4 Å². The van der Waals surface area contributed by atoms with Gasteiger partial charge < -0.3 is 14.9 Å². The number of rotatable bonds is 4. The fraction of sp³-hybridized carbons (Fsp3) is 0.500. The maximum absolute atomic E-state index is 13.5. The van der Waals surface area contributed by atoms with Gasteiger partial charge in [0, 0.05) is 0 Å². The van der Waals surface area contributed by atoms with Gasteiger partial charge in [-0.25, -0.2) is 4.39 Å². The van der Waals surface area contributed by atoms with Crippen LogP contribution in [0, 0.1) is 5.82 Å². The zero-order valence-electron chi connectivity index (χ0n) is 9.70. The van der Waals surface area contributed by atoms with Gasteiger partial charge in [0.15, 0.2) is 11.6 Å². The van der Waals surface area contributed by atoms with Gasteiger partial charge in [0.25, 0.3) is 0 Å². The molecule has 0 aliphatic rings. The fourth-order valence-corrected chi connectivity index (χ4v) is 1.15. The molecule has 4 heteroatoms. The Morgan fingerprint density at radius 1 is 1.44 bits per heavy atom. The first kappa shape index (κ1) is 12.9. The Morgan fingerprint density at radius 3 is 2.50 bits per heavy atom. The van der Waals surface area contributed by atoms with Crippen molar-refractivity contribution in [2.75, 3.05) is 6.61 Å². The summed E-state index contributed by atoms with van der Waals surface area (Å²) in [4.78, 5) is 0. The first-order valence-corrected chi connectivity index (χ1v) is 5.12. The second-order valence-electron chi connectivity index (χ2n) is 4.47. The number of benzene rings is 1. The Balaban J connectivity index is 2.76. The molecule has 0 radical (unpaired) electrons. The number of halogens is 1. The molecule has 1 rings (SSSR count). The van der Waals surface area contributed by atoms with Crippen LogP contribution < -0.4 is 4.74 Å². The van der Waals surface area contributed by atoms with Crippen molar-refractivity contribution in [1.82, 2.24) is 0 Å². The standard InChI is InChI=1S/C12H17FO3/c1-8(14)9-4-5-11(10(13)6-9)16-7-12(2,3)15/h4-6,8,14-15H,7H2,1-3H3/t8-/m0/s1. The predicted octanol–water partition coefficient (Wildman–Crippen LogP) is 2.03. The summed E-state index contributed by atoms with van der Waals surface area (Å²) < 4.78 is 18.6. The second-order valence-corrected chi connectivity index (χ2v) is 4.47. The highest BCUT2D eigenvalue weighted by atomic mass is 19.1. The van der Waals surface area contributed by atoms with Crippen LogP contribution in [0.15, 0.2) is 18.2 Å². The average Bonchev–Trinajstić information content (AvgIpc) is 2.14. The predicted molar refractivity (Wildman–Crippen MR) is 58.8 cm³/mol. The molecule has 1 aromatic rings. The lowest BCUT2D eigenvalue weighted by atomic mass is 10.1. The van der Waals surface area contributed by atoms with Gasteiger partial charge in [-0.05, 0) is 38.5 Å². The third-order valence-electron chi connectivity index (χ3n) is 2.02. The smallest absolute Gasteiger partial charge is 0.165 e. The molecular formula is C12H17FO3. The van der Waals surface area contributed by atoms with E-state index in [2.05, 4.69) is 0 Å². The lowest BCUT2D eigenvalue weighted by molar-refractivity contribution is 0.0271. The van der Waals surface area contributed by atoms with Gasteiger partial charge >= 0.3 is 0 Å². The van der Waals surface area contributed by atoms with E-state index in [9.17, 15) is 14.6 Å². The lowest BCUT2D eigenvalue weighted by Crippen LogP contribution is -2.28. The summed E-state index contributed by atoms with van der Waals surface area (Å²) in [5.74, 6) is -0.464. The Kier molecular flexibility index (Phi) is 3.88. The maximum Gasteiger partial charge on any atom is 0.165 e. The normalized spacial score (nSPS) is 13.6. The number of aliphatic hydroxyl groups excluding tert-OH is 1. The summed E-state index contributed by atoms with van der Waals surface area (Å²) in [6.07, 6.45) is -0.710. The van der Waals surface area contributed by atoms with E-state index in [1.54, 1.807) is 26.8 Å². The van der Waals surface area contributed by atoms with Crippen LogP contribution in [0.25, 0.3) is 0 Å². The van der Waals surface area contributed by atoms with Crippen molar-refractivity contribution in [3.8, 4) is 5.75 Å². The van der Waals surface area contributed by atoms with E-state index in [1.807, 2.05) is 0 Å². The summed E-state index contributed by atoms with van der Waals surface area (Å²) in [6, 6.07) is 4.26. The van der Waals surface area contributed by atoms with Crippen molar-refractivity contribution >= 4 is 0 Å². The van der Waals surface area contributed by atoms with Crippen LogP contribution in [-0.2, 0) is 0 Å². The van der Waals surface area contributed by atoms with E-state index >= 15 is 0 Å². The molecule has 0 saturated carbocycles. The molecule has 1 aromatic carbocycles. The molecule has 0 aliphatic heterocycles. The van der Waals surface area contributed by atoms with Crippen molar-refractivity contribution in [1.29, 1.82) is 0 Å². The molecule has 0 saturated heterocycles. The molecule has 2 N–H and O–H groups in total. The molecule has 0 aliphatic carbocycles. The molecule has 0 bridgehead atoms. The van der Waals surface area contributed by atoms with Gasteiger partial charge in [-0.1, -0.05) is 6.07 Å². The monoisotopic (exact) mass is 228 g/mol. The van der Waals surface area contributed by atoms with Crippen LogP contribution in [0.2, 0.25) is 0 Å². The van der Waals surface area contributed by atoms with Gasteiger partial charge in [0.2, 0.25) is 0 Å². The van der Waals surface area contributed by atoms with E-state index in [4.69, 9.17) is 4.74 Å². The summed E-state index contributed by atoms with van der Waals surface area (Å²) in [7, 11) is 0. The minimum atomic E-state index is -1.00. The Hall–Kier alpha value is -1.13. The molecule has 16 heavy (non-hydrogen) atoms. The van der Waals surface area contributed by atoms with Crippen molar-refractivity contribution in [3.63, 3.8) is 0 Å². The molecule has 1 atom stereocenters. The maximum atomic E-state index is 13.5. The largest absolute Gasteiger partial charge is 0.488 e. The summed E-state index contributed by atoms with van der Waals surface area (Å²) in [5.41, 5.74) is -0.511. The van der Waals surface area contributed by atoms with Gasteiger partial charge in [-0.2, -0.15) is 0 Å². The highest BCUT2D eigenvalue weighted by molar-refractivity contribution is 5.30. The van der Waals surface area contributed by atoms with Gasteiger partial charge in [0.05, 0.1) is 11.7 Å². The number of ether oxygens (including phenoxy) is 1. The van der Waals surface area contributed by atoms with Crippen molar-refractivity contribution in [2.45, 2.75) is 32.5 Å². The topological polar surface area (TPSA) is 49.7 Å². The molecule has 0 spiro atoms. The van der Waals surface area contributed by atoms with Crippen LogP contribution in [0.5, 0.6) is 5.75 Å². The third kappa shape index (κ3) is 3.79. The minimum absolute atomic E-state index is 0.0119. The molecule has 0 fully saturated rings. The average molecular weight is 228 g/mol. The zero-order valence-corrected chi connectivity index (χ0v) is 9.70. The Labute approximate surface area is 94.5 Å². The van der Waals surface area contributed by atoms with E-state index < -0.39 is 17.5 Å². The summed E-state index contributed by atoms with van der Waals surface area (Å²) in [5, 5.41) is 18.7. The minimum Gasteiger partial charge on any atom is -0.488 e. The summed E-state index contributed by atoms with van der Waals surface area (Å²) in [6.45, 7) is 4.73. The van der Waals surface area contributed by atoms with Gasteiger partial charge in [-0.15, -0.1) is 0 Å². The molecular weight excluding hydrogens is 211 g/mol. The Morgan fingerprint density at radius 2 is 2.06 bits per heavy atom. The first-order chi connectivity index (χ1) is 7.29. The van der Waals surface area contributed by atoms with Gasteiger partial charge in [0.1, 0.15) is 6.61 Å². The van der Waals surface area contributed by atoms with Crippen LogP contribution in [0.3, 0.4) is 0 Å². The van der Waals surface area contributed by atoms with E-state index in [-0.39, 0.29) is 12.4 Å². The van der Waals surface area contributed by atoms with Crippen molar-refractivity contribution < 1.29 is 19.3 Å². The van der Waals surface area contributed by atoms with E-state index in [1.165, 1.54) is 12.1 Å². The molecule has 3 nitrogen and oxygen atoms in total. The highest BCUT2D eigenvalue weighted by Gasteiger charge is 2.15. The quantitative estimate of drug-likeness (QED) is 0.829. The van der Waals surface area contributed by atoms with Gasteiger partial charge in [-0.3, -0.25) is 0 Å². The van der Waals surface area contributed by atoms with Crippen molar-refractivity contribution in [3.05, 3.63) is 29.6 Å². The SMILES string of the molecule is C[C@H](O)c1ccc(OCC(C)(C)O)c(F)c1. The fourth-order valence-electron chi connectivity index (χ4n) is 1.15. The highest BCUT2D eigenvalue weighted by Crippen LogP contribution is 2.22. The van der Waals surface area contributed by atoms with Crippen LogP contribution in [0.4, 0.5) is 4.39 Å². The van der Waals surface area contributed by atoms with Crippen LogP contribution in [0.1, 0.15) is 32.4 Å². The lowest BCUT2D eigenvalue weighted by Gasteiger charge is -2.18. The van der Waals surface area contributed by atoms with E-state index in [0.717, 1.165) is 0 Å². The molecule has 0 unspecified atom stereocenters. The summed E-state index contributed by atoms with van der Waals surface area (Å²) >= 11 is 0.